The summed E-state index contributed by atoms with van der Waals surface area (Å²) in [6.45, 7) is 2.41. The molecule has 0 fully saturated rings. The highest BCUT2D eigenvalue weighted by atomic mass is 16.5. The summed E-state index contributed by atoms with van der Waals surface area (Å²) >= 11 is 0. The number of rotatable bonds is 5. The van der Waals surface area contributed by atoms with Crippen LogP contribution in [0.3, 0.4) is 0 Å². The van der Waals surface area contributed by atoms with Crippen molar-refractivity contribution >= 4 is 5.78 Å². The molecule has 1 atom stereocenters. The highest BCUT2D eigenvalue weighted by molar-refractivity contribution is 6.00. The molecule has 0 bridgehead atoms. The van der Waals surface area contributed by atoms with Crippen LogP contribution in [0.2, 0.25) is 0 Å². The van der Waals surface area contributed by atoms with Crippen molar-refractivity contribution in [2.75, 3.05) is 6.61 Å². The number of Topliss-reactive ketones (excluding diaryl/α,β-unsaturated/α-hetero) is 1. The van der Waals surface area contributed by atoms with Crippen LogP contribution in [0.4, 0.5) is 0 Å². The molecule has 4 nitrogen and oxygen atoms in total. The van der Waals surface area contributed by atoms with E-state index in [1.165, 1.54) is 6.20 Å². The number of hydrogen-bond acceptors (Lipinski definition) is 4. The molecule has 0 spiro atoms. The second-order valence-corrected chi connectivity index (χ2v) is 4.09. The Balaban J connectivity index is 2.22. The van der Waals surface area contributed by atoms with E-state index in [0.717, 1.165) is 5.56 Å². The van der Waals surface area contributed by atoms with Gasteiger partial charge in [0.25, 0.3) is 0 Å². The van der Waals surface area contributed by atoms with Gasteiger partial charge in [0, 0.05) is 11.8 Å². The topological polar surface area (TPSA) is 65.2 Å². The van der Waals surface area contributed by atoms with E-state index in [9.17, 15) is 4.79 Å². The Morgan fingerprint density at radius 2 is 2.05 bits per heavy atom. The molecule has 19 heavy (non-hydrogen) atoms. The minimum atomic E-state index is -0.681. The minimum Gasteiger partial charge on any atom is -0.492 e. The Morgan fingerprint density at radius 1 is 1.32 bits per heavy atom. The fourth-order valence-corrected chi connectivity index (χ4v) is 1.79. The number of benzene rings is 1. The van der Waals surface area contributed by atoms with E-state index in [-0.39, 0.29) is 5.78 Å². The maximum atomic E-state index is 12.3. The van der Waals surface area contributed by atoms with E-state index in [4.69, 9.17) is 10.5 Å². The molecule has 0 aliphatic carbocycles. The smallest absolute Gasteiger partial charge is 0.185 e. The third-order valence-corrected chi connectivity index (χ3v) is 2.75. The molecule has 0 saturated carbocycles. The summed E-state index contributed by atoms with van der Waals surface area (Å²) in [6.07, 6.45) is 3.09. The Kier molecular flexibility index (Phi) is 4.26. The number of ketones is 1. The van der Waals surface area contributed by atoms with Crippen LogP contribution in [0.5, 0.6) is 5.75 Å². The zero-order chi connectivity index (χ0) is 13.7. The Hall–Kier alpha value is -2.20. The molecule has 1 aromatic heterocycles. The van der Waals surface area contributed by atoms with E-state index >= 15 is 0 Å². The fraction of sp³-hybridized carbons (Fsp3) is 0.200. The number of aromatic nitrogens is 1. The number of nitrogens with zero attached hydrogens (tertiary/aromatic N) is 1. The van der Waals surface area contributed by atoms with Gasteiger partial charge >= 0.3 is 0 Å². The summed E-state index contributed by atoms with van der Waals surface area (Å²) in [5, 5.41) is 0. The van der Waals surface area contributed by atoms with Crippen molar-refractivity contribution in [3.05, 3.63) is 59.9 Å². The summed E-state index contributed by atoms with van der Waals surface area (Å²) in [5.74, 6) is 0.411. The van der Waals surface area contributed by atoms with Gasteiger partial charge in [0.2, 0.25) is 0 Å². The van der Waals surface area contributed by atoms with Gasteiger partial charge in [-0.15, -0.1) is 0 Å². The molecule has 0 saturated heterocycles. The Morgan fingerprint density at radius 3 is 2.74 bits per heavy atom. The van der Waals surface area contributed by atoms with Crippen molar-refractivity contribution < 1.29 is 9.53 Å². The van der Waals surface area contributed by atoms with Gasteiger partial charge < -0.3 is 10.5 Å². The van der Waals surface area contributed by atoms with Crippen molar-refractivity contribution in [1.82, 2.24) is 4.98 Å². The maximum Gasteiger partial charge on any atom is 0.185 e. The van der Waals surface area contributed by atoms with Gasteiger partial charge in [0.1, 0.15) is 5.75 Å². The molecule has 98 valence electrons. The highest BCUT2D eigenvalue weighted by Gasteiger charge is 2.18. The van der Waals surface area contributed by atoms with E-state index in [1.807, 2.05) is 37.3 Å². The molecule has 2 rings (SSSR count). The average Bonchev–Trinajstić information content (AvgIpc) is 2.47. The van der Waals surface area contributed by atoms with Gasteiger partial charge in [-0.2, -0.15) is 0 Å². The lowest BCUT2D eigenvalue weighted by atomic mass is 9.99. The second kappa shape index (κ2) is 6.11. The molecule has 2 aromatic rings. The van der Waals surface area contributed by atoms with Gasteiger partial charge in [-0.25, -0.2) is 0 Å². The first-order valence-electron chi connectivity index (χ1n) is 6.15. The molecule has 0 radical (unpaired) electrons. The van der Waals surface area contributed by atoms with Crippen LogP contribution in [0.25, 0.3) is 0 Å². The van der Waals surface area contributed by atoms with Crippen molar-refractivity contribution in [1.29, 1.82) is 0 Å². The number of ether oxygens (including phenoxy) is 1. The SMILES string of the molecule is CCOc1cncc(C(=O)[C@H](N)c2ccccc2)c1. The Labute approximate surface area is 112 Å². The molecule has 0 aliphatic rings. The lowest BCUT2D eigenvalue weighted by Gasteiger charge is -2.11. The lowest BCUT2D eigenvalue weighted by molar-refractivity contribution is 0.0960. The average molecular weight is 256 g/mol. The second-order valence-electron chi connectivity index (χ2n) is 4.09. The van der Waals surface area contributed by atoms with E-state index in [0.29, 0.717) is 17.9 Å². The first kappa shape index (κ1) is 13.2. The number of carbonyl (C=O) groups excluding carboxylic acids is 1. The van der Waals surface area contributed by atoms with Gasteiger partial charge in [-0.05, 0) is 18.6 Å². The summed E-state index contributed by atoms with van der Waals surface area (Å²) in [6, 6.07) is 10.3. The van der Waals surface area contributed by atoms with Crippen molar-refractivity contribution in [3.8, 4) is 5.75 Å². The monoisotopic (exact) mass is 256 g/mol. The molecule has 0 aliphatic heterocycles. The first-order chi connectivity index (χ1) is 9.22. The van der Waals surface area contributed by atoms with Gasteiger partial charge in [-0.1, -0.05) is 30.3 Å². The van der Waals surface area contributed by atoms with E-state index in [2.05, 4.69) is 4.98 Å². The van der Waals surface area contributed by atoms with Crippen molar-refractivity contribution in [2.45, 2.75) is 13.0 Å². The molecule has 0 unspecified atom stereocenters. The van der Waals surface area contributed by atoms with Crippen LogP contribution >= 0.6 is 0 Å². The number of pyridine rings is 1. The van der Waals surface area contributed by atoms with Crippen LogP contribution in [0, 0.1) is 0 Å². The maximum absolute atomic E-state index is 12.3. The van der Waals surface area contributed by atoms with Crippen LogP contribution in [-0.4, -0.2) is 17.4 Å². The zero-order valence-corrected chi connectivity index (χ0v) is 10.7. The first-order valence-corrected chi connectivity index (χ1v) is 6.15. The zero-order valence-electron chi connectivity index (χ0n) is 10.7. The quantitative estimate of drug-likeness (QED) is 0.834. The molecular formula is C15H16N2O2. The summed E-state index contributed by atoms with van der Waals surface area (Å²) in [7, 11) is 0. The molecule has 4 heteroatoms. The van der Waals surface area contributed by atoms with Crippen LogP contribution in [-0.2, 0) is 0 Å². The predicted octanol–water partition coefficient (Wildman–Crippen LogP) is 2.36. The highest BCUT2D eigenvalue weighted by Crippen LogP contribution is 2.18. The van der Waals surface area contributed by atoms with E-state index < -0.39 is 6.04 Å². The molecule has 1 aromatic carbocycles. The molecule has 1 heterocycles. The number of carbonyl (C=O) groups is 1. The largest absolute Gasteiger partial charge is 0.492 e. The summed E-state index contributed by atoms with van der Waals surface area (Å²) < 4.78 is 5.33. The van der Waals surface area contributed by atoms with Crippen LogP contribution < -0.4 is 10.5 Å². The predicted molar refractivity (Wildman–Crippen MR) is 73.1 cm³/mol. The summed E-state index contributed by atoms with van der Waals surface area (Å²) in [5.41, 5.74) is 7.22. The third-order valence-electron chi connectivity index (χ3n) is 2.75. The minimum absolute atomic E-state index is 0.166. The van der Waals surface area contributed by atoms with E-state index in [1.54, 1.807) is 12.3 Å². The van der Waals surface area contributed by atoms with Gasteiger partial charge in [0.15, 0.2) is 5.78 Å². The van der Waals surface area contributed by atoms with Crippen molar-refractivity contribution in [2.24, 2.45) is 5.73 Å². The molecular weight excluding hydrogens is 240 g/mol. The number of nitrogens with two attached hydrogens (primary N) is 1. The normalized spacial score (nSPS) is 11.9. The third kappa shape index (κ3) is 3.17. The molecule has 0 amide bonds. The standard InChI is InChI=1S/C15H16N2O2/c1-2-19-13-8-12(9-17-10-13)15(18)14(16)11-6-4-3-5-7-11/h3-10,14H,2,16H2,1H3/t14-/m1/s1. The fourth-order valence-electron chi connectivity index (χ4n) is 1.79. The number of hydrogen-bond donors (Lipinski definition) is 1. The van der Waals surface area contributed by atoms with Gasteiger partial charge in [-0.3, -0.25) is 9.78 Å². The lowest BCUT2D eigenvalue weighted by Crippen LogP contribution is -2.21. The Bertz CT molecular complexity index is 555. The van der Waals surface area contributed by atoms with Crippen LogP contribution in [0.1, 0.15) is 28.9 Å². The van der Waals surface area contributed by atoms with Gasteiger partial charge in [0.05, 0.1) is 18.8 Å². The summed E-state index contributed by atoms with van der Waals surface area (Å²) in [4.78, 5) is 16.3. The molecule has 2 N–H and O–H groups in total. The van der Waals surface area contributed by atoms with Crippen LogP contribution in [0.15, 0.2) is 48.8 Å². The van der Waals surface area contributed by atoms with Crippen molar-refractivity contribution in [3.63, 3.8) is 0 Å².